The number of H-pyrrole nitrogens is 1. The smallest absolute Gasteiger partial charge is 0.331 e. The first-order valence-electron chi connectivity index (χ1n) is 5.57. The molecule has 0 amide bonds. The molecular formula is C11H19N3O3. The molecule has 1 aromatic heterocycles. The fraction of sp³-hybridized carbons (Fsp3) is 0.636. The third-order valence-electron chi connectivity index (χ3n) is 2.96. The zero-order valence-corrected chi connectivity index (χ0v) is 10.6. The molecule has 6 nitrogen and oxygen atoms in total. The van der Waals surface area contributed by atoms with Crippen molar-refractivity contribution in [2.75, 3.05) is 13.6 Å². The second-order valence-electron chi connectivity index (χ2n) is 4.43. The van der Waals surface area contributed by atoms with Gasteiger partial charge in [-0.3, -0.25) is 14.3 Å². The van der Waals surface area contributed by atoms with Crippen LogP contribution >= 0.6 is 0 Å². The van der Waals surface area contributed by atoms with Crippen LogP contribution in [0.15, 0.2) is 9.59 Å². The Balaban J connectivity index is 2.97. The molecule has 0 aliphatic carbocycles. The number of aromatic amines is 1. The third-order valence-corrected chi connectivity index (χ3v) is 2.96. The second-order valence-corrected chi connectivity index (χ2v) is 4.43. The standard InChI is InChI=1S/C11H19N3O3/c1-7(2)13(4)5-6-14-10(16)8(3)9(15)12-11(14)17/h7,16H,5-6H2,1-4H3,(H,12,15,17). The molecule has 0 fully saturated rings. The van der Waals surface area contributed by atoms with Crippen LogP contribution in [0.2, 0.25) is 0 Å². The number of hydrogen-bond donors (Lipinski definition) is 2. The molecule has 0 unspecified atom stereocenters. The SMILES string of the molecule is Cc1c(O)n(CCN(C)C(C)C)c(=O)[nH]c1=O. The van der Waals surface area contributed by atoms with Gasteiger partial charge in [0.05, 0.1) is 5.56 Å². The molecule has 0 atom stereocenters. The average molecular weight is 241 g/mol. The van der Waals surface area contributed by atoms with E-state index in [0.717, 1.165) is 0 Å². The molecule has 0 aromatic carbocycles. The molecule has 1 rings (SSSR count). The number of aromatic nitrogens is 2. The lowest BCUT2D eigenvalue weighted by Crippen LogP contribution is -2.36. The van der Waals surface area contributed by atoms with Crippen molar-refractivity contribution in [2.24, 2.45) is 0 Å². The second kappa shape index (κ2) is 5.18. The van der Waals surface area contributed by atoms with E-state index in [9.17, 15) is 14.7 Å². The van der Waals surface area contributed by atoms with E-state index in [0.29, 0.717) is 19.1 Å². The highest BCUT2D eigenvalue weighted by Crippen LogP contribution is 2.07. The van der Waals surface area contributed by atoms with Crippen molar-refractivity contribution in [1.29, 1.82) is 0 Å². The van der Waals surface area contributed by atoms with Gasteiger partial charge in [-0.05, 0) is 27.8 Å². The number of rotatable bonds is 4. The molecule has 17 heavy (non-hydrogen) atoms. The highest BCUT2D eigenvalue weighted by molar-refractivity contribution is 5.20. The van der Waals surface area contributed by atoms with Crippen molar-refractivity contribution in [3.63, 3.8) is 0 Å². The monoisotopic (exact) mass is 241 g/mol. The summed E-state index contributed by atoms with van der Waals surface area (Å²) in [5.74, 6) is -0.254. The molecule has 1 aromatic rings. The maximum Gasteiger partial charge on any atom is 0.331 e. The van der Waals surface area contributed by atoms with Crippen molar-refractivity contribution < 1.29 is 5.11 Å². The lowest BCUT2D eigenvalue weighted by atomic mass is 10.3. The van der Waals surface area contributed by atoms with E-state index in [4.69, 9.17) is 0 Å². The van der Waals surface area contributed by atoms with Crippen molar-refractivity contribution in [3.05, 3.63) is 26.4 Å². The van der Waals surface area contributed by atoms with E-state index in [1.807, 2.05) is 25.8 Å². The van der Waals surface area contributed by atoms with Gasteiger partial charge in [-0.15, -0.1) is 0 Å². The van der Waals surface area contributed by atoms with E-state index in [1.165, 1.54) is 11.5 Å². The molecule has 2 N–H and O–H groups in total. The summed E-state index contributed by atoms with van der Waals surface area (Å²) in [7, 11) is 1.94. The predicted octanol–water partition coefficient (Wildman–Crippen LogP) is -0.109. The zero-order valence-electron chi connectivity index (χ0n) is 10.6. The molecule has 0 saturated carbocycles. The highest BCUT2D eigenvalue weighted by atomic mass is 16.3. The van der Waals surface area contributed by atoms with Crippen LogP contribution in [0.25, 0.3) is 0 Å². The third kappa shape index (κ3) is 2.97. The lowest BCUT2D eigenvalue weighted by molar-refractivity contribution is 0.254. The Hall–Kier alpha value is -1.56. The molecule has 96 valence electrons. The summed E-state index contributed by atoms with van der Waals surface area (Å²) in [4.78, 5) is 27.0. The maximum absolute atomic E-state index is 11.5. The molecule has 1 heterocycles. The van der Waals surface area contributed by atoms with Gasteiger partial charge in [0.25, 0.3) is 5.56 Å². The normalized spacial score (nSPS) is 11.4. The molecular weight excluding hydrogens is 222 g/mol. The average Bonchev–Trinajstić information content (AvgIpc) is 2.25. The van der Waals surface area contributed by atoms with Crippen LogP contribution in [0.1, 0.15) is 19.4 Å². The number of aromatic hydroxyl groups is 1. The summed E-state index contributed by atoms with van der Waals surface area (Å²) in [6.45, 7) is 6.53. The van der Waals surface area contributed by atoms with Gasteiger partial charge in [0.1, 0.15) is 0 Å². The Morgan fingerprint density at radius 2 is 2.00 bits per heavy atom. The van der Waals surface area contributed by atoms with E-state index >= 15 is 0 Å². The molecule has 0 radical (unpaired) electrons. The largest absolute Gasteiger partial charge is 0.494 e. The van der Waals surface area contributed by atoms with E-state index in [-0.39, 0.29) is 11.4 Å². The van der Waals surface area contributed by atoms with Crippen LogP contribution in [0, 0.1) is 6.92 Å². The predicted molar refractivity (Wildman–Crippen MR) is 65.5 cm³/mol. The number of hydrogen-bond acceptors (Lipinski definition) is 4. The minimum absolute atomic E-state index is 0.164. The van der Waals surface area contributed by atoms with E-state index in [1.54, 1.807) is 0 Å². The Morgan fingerprint density at radius 1 is 1.41 bits per heavy atom. The molecule has 0 aliphatic heterocycles. The molecule has 6 heteroatoms. The first kappa shape index (κ1) is 13.5. The number of nitrogens with one attached hydrogen (secondary N) is 1. The van der Waals surface area contributed by atoms with Crippen LogP contribution < -0.4 is 11.2 Å². The van der Waals surface area contributed by atoms with Gasteiger partial charge in [-0.1, -0.05) is 0 Å². The van der Waals surface area contributed by atoms with Crippen LogP contribution in [0.3, 0.4) is 0 Å². The van der Waals surface area contributed by atoms with E-state index in [2.05, 4.69) is 4.98 Å². The molecule has 0 bridgehead atoms. The summed E-state index contributed by atoms with van der Waals surface area (Å²) in [6.07, 6.45) is 0. The van der Waals surface area contributed by atoms with Crippen molar-refractivity contribution in [1.82, 2.24) is 14.5 Å². The van der Waals surface area contributed by atoms with Crippen molar-refractivity contribution >= 4 is 0 Å². The number of likely N-dealkylation sites (N-methyl/N-ethyl adjacent to an activating group) is 1. The van der Waals surface area contributed by atoms with E-state index < -0.39 is 11.2 Å². The first-order chi connectivity index (χ1) is 7.84. The quantitative estimate of drug-likeness (QED) is 0.771. The molecule has 0 spiro atoms. The molecule has 0 saturated heterocycles. The van der Waals surface area contributed by atoms with Crippen LogP contribution in [0.4, 0.5) is 0 Å². The topological polar surface area (TPSA) is 78.3 Å². The van der Waals surface area contributed by atoms with Crippen molar-refractivity contribution in [3.8, 4) is 5.88 Å². The molecule has 0 aliphatic rings. The fourth-order valence-corrected chi connectivity index (χ4v) is 1.38. The van der Waals surface area contributed by atoms with Crippen LogP contribution in [0.5, 0.6) is 5.88 Å². The lowest BCUT2D eigenvalue weighted by Gasteiger charge is -2.21. The van der Waals surface area contributed by atoms with Gasteiger partial charge in [-0.2, -0.15) is 0 Å². The van der Waals surface area contributed by atoms with Crippen LogP contribution in [-0.4, -0.2) is 39.2 Å². The maximum atomic E-state index is 11.5. The van der Waals surface area contributed by atoms with Crippen molar-refractivity contribution in [2.45, 2.75) is 33.4 Å². The Labute approximate surface area is 99.5 Å². The summed E-state index contributed by atoms with van der Waals surface area (Å²) < 4.78 is 1.18. The minimum atomic E-state index is -0.574. The van der Waals surface area contributed by atoms with Crippen LogP contribution in [-0.2, 0) is 6.54 Å². The van der Waals surface area contributed by atoms with Gasteiger partial charge >= 0.3 is 5.69 Å². The summed E-state index contributed by atoms with van der Waals surface area (Å²) in [5, 5.41) is 9.74. The summed E-state index contributed by atoms with van der Waals surface area (Å²) in [5.41, 5.74) is -0.951. The van der Waals surface area contributed by atoms with Gasteiger partial charge in [0.2, 0.25) is 5.88 Å². The zero-order chi connectivity index (χ0) is 13.2. The Morgan fingerprint density at radius 3 is 2.53 bits per heavy atom. The summed E-state index contributed by atoms with van der Waals surface area (Å²) >= 11 is 0. The summed E-state index contributed by atoms with van der Waals surface area (Å²) in [6, 6.07) is 0.358. The number of nitrogens with zero attached hydrogens (tertiary/aromatic N) is 2. The van der Waals surface area contributed by atoms with Gasteiger partial charge in [-0.25, -0.2) is 4.79 Å². The Bertz CT molecular complexity index is 502. The Kier molecular flexibility index (Phi) is 4.11. The fourth-order valence-electron chi connectivity index (χ4n) is 1.38. The minimum Gasteiger partial charge on any atom is -0.494 e. The highest BCUT2D eigenvalue weighted by Gasteiger charge is 2.11. The van der Waals surface area contributed by atoms with Gasteiger partial charge < -0.3 is 10.0 Å². The first-order valence-corrected chi connectivity index (χ1v) is 5.57. The van der Waals surface area contributed by atoms with Gasteiger partial charge in [0, 0.05) is 19.1 Å². The van der Waals surface area contributed by atoms with Gasteiger partial charge in [0.15, 0.2) is 0 Å².